The summed E-state index contributed by atoms with van der Waals surface area (Å²) in [7, 11) is 0. The Morgan fingerprint density at radius 2 is 2.06 bits per heavy atom. The maximum Gasteiger partial charge on any atom is 0.573 e. The fourth-order valence-corrected chi connectivity index (χ4v) is 1.40. The second-order valence-corrected chi connectivity index (χ2v) is 3.63. The summed E-state index contributed by atoms with van der Waals surface area (Å²) in [4.78, 5) is 22.2. The molecule has 1 rings (SSSR count). The van der Waals surface area contributed by atoms with Crippen molar-refractivity contribution in [3.63, 3.8) is 0 Å². The fraction of sp³-hybridized carbons (Fsp3) is 0.167. The topological polar surface area (TPSA) is 85.2 Å². The minimum Gasteiger partial charge on any atom is -0.398 e. The van der Waals surface area contributed by atoms with Crippen LogP contribution < -0.4 is 10.3 Å². The van der Waals surface area contributed by atoms with E-state index in [4.69, 9.17) is 0 Å². The van der Waals surface area contributed by atoms with Crippen molar-refractivity contribution < 1.29 is 22.8 Å². The molecule has 0 spiro atoms. The summed E-state index contributed by atoms with van der Waals surface area (Å²) in [5, 5.41) is 10.4. The number of nitrogens with zero attached hydrogens (tertiary/aromatic N) is 1. The SMILES string of the molecule is O=c1[nH]c(I)cc(OC(F)(F)F)c1[N+](=O)[O-]. The van der Waals surface area contributed by atoms with E-state index in [2.05, 4.69) is 4.74 Å². The fourth-order valence-electron chi connectivity index (χ4n) is 0.874. The Morgan fingerprint density at radius 1 is 1.50 bits per heavy atom. The zero-order valence-electron chi connectivity index (χ0n) is 7.17. The third kappa shape index (κ3) is 3.08. The number of H-pyrrole nitrogens is 1. The molecule has 0 fully saturated rings. The number of rotatable bonds is 2. The van der Waals surface area contributed by atoms with Crippen molar-refractivity contribution in [1.82, 2.24) is 4.98 Å². The zero-order chi connectivity index (χ0) is 12.5. The van der Waals surface area contributed by atoms with Crippen molar-refractivity contribution >= 4 is 28.3 Å². The van der Waals surface area contributed by atoms with Crippen LogP contribution in [0.2, 0.25) is 0 Å². The number of nitrogens with one attached hydrogen (secondary N) is 1. The molecule has 16 heavy (non-hydrogen) atoms. The van der Waals surface area contributed by atoms with Gasteiger partial charge in [-0.25, -0.2) is 0 Å². The minimum absolute atomic E-state index is 0.00699. The van der Waals surface area contributed by atoms with Crippen molar-refractivity contribution in [3.8, 4) is 5.75 Å². The number of alkyl halides is 3. The van der Waals surface area contributed by atoms with Crippen LogP contribution in [0.3, 0.4) is 0 Å². The van der Waals surface area contributed by atoms with Crippen LogP contribution in [0.15, 0.2) is 10.9 Å². The third-order valence-corrected chi connectivity index (χ3v) is 1.93. The third-order valence-electron chi connectivity index (χ3n) is 1.35. The molecule has 6 nitrogen and oxygen atoms in total. The van der Waals surface area contributed by atoms with E-state index in [-0.39, 0.29) is 3.70 Å². The summed E-state index contributed by atoms with van der Waals surface area (Å²) < 4.78 is 39.0. The molecule has 0 radical (unpaired) electrons. The summed E-state index contributed by atoms with van der Waals surface area (Å²) in [5.74, 6) is -1.13. The zero-order valence-corrected chi connectivity index (χ0v) is 9.33. The summed E-state index contributed by atoms with van der Waals surface area (Å²) in [6.45, 7) is 0. The highest BCUT2D eigenvalue weighted by molar-refractivity contribution is 14.1. The first-order chi connectivity index (χ1) is 7.20. The normalized spacial score (nSPS) is 11.2. The van der Waals surface area contributed by atoms with Gasteiger partial charge in [-0.1, -0.05) is 0 Å². The lowest BCUT2D eigenvalue weighted by Crippen LogP contribution is -2.21. The number of aromatic nitrogens is 1. The number of ether oxygens (including phenoxy) is 1. The maximum absolute atomic E-state index is 11.9. The first-order valence-corrected chi connectivity index (χ1v) is 4.61. The predicted molar refractivity (Wildman–Crippen MR) is 53.1 cm³/mol. The van der Waals surface area contributed by atoms with E-state index >= 15 is 0 Å². The van der Waals surface area contributed by atoms with Crippen LogP contribution in [0.1, 0.15) is 0 Å². The molecule has 0 saturated carbocycles. The lowest BCUT2D eigenvalue weighted by atomic mass is 10.4. The molecule has 0 unspecified atom stereocenters. The molecule has 0 amide bonds. The van der Waals surface area contributed by atoms with Crippen LogP contribution in [0.4, 0.5) is 18.9 Å². The molecular formula is C6H2F3IN2O4. The average molecular weight is 350 g/mol. The van der Waals surface area contributed by atoms with Crippen molar-refractivity contribution in [3.05, 3.63) is 30.2 Å². The number of hydrogen-bond donors (Lipinski definition) is 1. The van der Waals surface area contributed by atoms with E-state index in [1.165, 1.54) is 22.6 Å². The summed E-state index contributed by atoms with van der Waals surface area (Å²) in [6, 6.07) is 0.716. The molecule has 1 heterocycles. The maximum atomic E-state index is 11.9. The number of nitro groups is 1. The van der Waals surface area contributed by atoms with Crippen molar-refractivity contribution in [1.29, 1.82) is 0 Å². The largest absolute Gasteiger partial charge is 0.573 e. The van der Waals surface area contributed by atoms with Gasteiger partial charge in [0.25, 0.3) is 0 Å². The molecule has 1 aromatic rings. The molecule has 10 heteroatoms. The van der Waals surface area contributed by atoms with Crippen LogP contribution in [0.5, 0.6) is 5.75 Å². The van der Waals surface area contributed by atoms with Gasteiger partial charge in [0.15, 0.2) is 0 Å². The highest BCUT2D eigenvalue weighted by atomic mass is 127. The van der Waals surface area contributed by atoms with E-state index in [1.54, 1.807) is 0 Å². The van der Waals surface area contributed by atoms with E-state index in [0.29, 0.717) is 6.07 Å². The van der Waals surface area contributed by atoms with Gasteiger partial charge in [-0.15, -0.1) is 13.2 Å². The van der Waals surface area contributed by atoms with Gasteiger partial charge in [-0.2, -0.15) is 0 Å². The smallest absolute Gasteiger partial charge is 0.398 e. The summed E-state index contributed by atoms with van der Waals surface area (Å²) >= 11 is 1.50. The van der Waals surface area contributed by atoms with Gasteiger partial charge < -0.3 is 9.72 Å². The quantitative estimate of drug-likeness (QED) is 0.381. The molecule has 0 saturated heterocycles. The molecule has 0 aromatic carbocycles. The Kier molecular flexibility index (Phi) is 3.40. The van der Waals surface area contributed by atoms with E-state index in [0.717, 1.165) is 0 Å². The molecule has 0 atom stereocenters. The Morgan fingerprint density at radius 3 is 2.50 bits per heavy atom. The van der Waals surface area contributed by atoms with E-state index < -0.39 is 28.3 Å². The molecule has 0 bridgehead atoms. The standard InChI is InChI=1S/C6H2F3IN2O4/c7-6(8,9)16-2-1-3(10)11-5(13)4(2)12(14)15/h1H,(H,11,13). The summed E-state index contributed by atoms with van der Waals surface area (Å²) in [6.07, 6.45) is -5.10. The number of halogens is 4. The van der Waals surface area contributed by atoms with Gasteiger partial charge in [-0.3, -0.25) is 14.9 Å². The Balaban J connectivity index is 3.36. The highest BCUT2D eigenvalue weighted by Crippen LogP contribution is 2.29. The molecule has 88 valence electrons. The number of hydrogen-bond acceptors (Lipinski definition) is 4. The molecule has 1 N–H and O–H groups in total. The second kappa shape index (κ2) is 4.27. The van der Waals surface area contributed by atoms with E-state index in [9.17, 15) is 28.1 Å². The van der Waals surface area contributed by atoms with Gasteiger partial charge in [0.05, 0.1) is 8.62 Å². The van der Waals surface area contributed by atoms with E-state index in [1.807, 2.05) is 4.98 Å². The highest BCUT2D eigenvalue weighted by Gasteiger charge is 2.35. The van der Waals surface area contributed by atoms with Gasteiger partial charge in [-0.05, 0) is 22.6 Å². The van der Waals surface area contributed by atoms with Gasteiger partial charge in [0.1, 0.15) is 0 Å². The Labute approximate surface area is 98.7 Å². The lowest BCUT2D eigenvalue weighted by molar-refractivity contribution is -0.390. The first kappa shape index (κ1) is 12.7. The van der Waals surface area contributed by atoms with Crippen molar-refractivity contribution in [2.45, 2.75) is 6.36 Å². The van der Waals surface area contributed by atoms with Crippen LogP contribution in [-0.2, 0) is 0 Å². The second-order valence-electron chi connectivity index (χ2n) is 2.46. The lowest BCUT2D eigenvalue weighted by Gasteiger charge is -2.08. The number of pyridine rings is 1. The minimum atomic E-state index is -5.10. The van der Waals surface area contributed by atoms with Gasteiger partial charge in [0.2, 0.25) is 5.75 Å². The van der Waals surface area contributed by atoms with Crippen LogP contribution in [-0.4, -0.2) is 16.3 Å². The van der Waals surface area contributed by atoms with Crippen molar-refractivity contribution in [2.24, 2.45) is 0 Å². The van der Waals surface area contributed by atoms with Crippen LogP contribution in [0.25, 0.3) is 0 Å². The molecular weight excluding hydrogens is 348 g/mol. The first-order valence-electron chi connectivity index (χ1n) is 3.53. The number of aromatic amines is 1. The molecule has 0 aliphatic rings. The Bertz CT molecular complexity index is 484. The monoisotopic (exact) mass is 350 g/mol. The molecule has 0 aliphatic heterocycles. The summed E-state index contributed by atoms with van der Waals surface area (Å²) in [5.41, 5.74) is -2.53. The Hall–Kier alpha value is -1.33. The van der Waals surface area contributed by atoms with Crippen LogP contribution >= 0.6 is 22.6 Å². The van der Waals surface area contributed by atoms with Crippen LogP contribution in [0, 0.1) is 13.8 Å². The molecule has 0 aliphatic carbocycles. The molecule has 1 aromatic heterocycles. The van der Waals surface area contributed by atoms with Crippen molar-refractivity contribution in [2.75, 3.05) is 0 Å². The predicted octanol–water partition coefficient (Wildman–Crippen LogP) is 1.79. The van der Waals surface area contributed by atoms with Gasteiger partial charge in [0, 0.05) is 6.07 Å². The average Bonchev–Trinajstić information content (AvgIpc) is 1.96. The van der Waals surface area contributed by atoms with Gasteiger partial charge >= 0.3 is 17.6 Å².